The summed E-state index contributed by atoms with van der Waals surface area (Å²) in [7, 11) is 0. The second kappa shape index (κ2) is 7.32. The predicted molar refractivity (Wildman–Crippen MR) is 117 cm³/mol. The smallest absolute Gasteiger partial charge is 0.298 e. The largest absolute Gasteiger partial charge is 0.422 e. The molecule has 30 heavy (non-hydrogen) atoms. The molecule has 0 spiro atoms. The van der Waals surface area contributed by atoms with Gasteiger partial charge >= 0.3 is 0 Å². The molecule has 0 amide bonds. The lowest BCUT2D eigenvalue weighted by atomic mass is 9.89. The van der Waals surface area contributed by atoms with E-state index in [1.54, 1.807) is 0 Å². The van der Waals surface area contributed by atoms with E-state index < -0.39 is 0 Å². The first kappa shape index (κ1) is 17.8. The van der Waals surface area contributed by atoms with E-state index in [1.807, 2.05) is 6.20 Å². The molecule has 0 unspecified atom stereocenters. The van der Waals surface area contributed by atoms with Crippen LogP contribution < -0.4 is 9.80 Å². The number of nitrogens with zero attached hydrogens (tertiary/aromatic N) is 4. The molecule has 1 N–H and O–H groups in total. The van der Waals surface area contributed by atoms with Gasteiger partial charge in [0.05, 0.1) is 19.4 Å². The number of fused-ring (bicyclic) bond motifs is 2. The number of aromatic nitrogens is 3. The number of oxazole rings is 1. The molecule has 1 aromatic carbocycles. The van der Waals surface area contributed by atoms with E-state index in [1.165, 1.54) is 16.5 Å². The summed E-state index contributed by atoms with van der Waals surface area (Å²) in [6.07, 6.45) is 6.25. The number of H-pyrrole nitrogens is 1. The highest BCUT2D eigenvalue weighted by atomic mass is 16.5. The monoisotopic (exact) mass is 403 g/mol. The van der Waals surface area contributed by atoms with Gasteiger partial charge in [-0.3, -0.25) is 0 Å². The van der Waals surface area contributed by atoms with Crippen LogP contribution in [0.5, 0.6) is 0 Å². The molecule has 0 atom stereocenters. The number of hydrogen-bond acceptors (Lipinski definition) is 6. The first-order chi connectivity index (χ1) is 14.8. The Hall–Kier alpha value is -3.06. The van der Waals surface area contributed by atoms with E-state index in [4.69, 9.17) is 14.1 Å². The number of rotatable bonds is 3. The Labute approximate surface area is 174 Å². The van der Waals surface area contributed by atoms with Crippen LogP contribution in [0.3, 0.4) is 0 Å². The molecule has 2 aliphatic heterocycles. The van der Waals surface area contributed by atoms with E-state index in [9.17, 15) is 0 Å². The van der Waals surface area contributed by atoms with E-state index >= 15 is 0 Å². The second-order valence-corrected chi connectivity index (χ2v) is 8.16. The van der Waals surface area contributed by atoms with E-state index in [2.05, 4.69) is 56.3 Å². The Morgan fingerprint density at radius 2 is 1.83 bits per heavy atom. The van der Waals surface area contributed by atoms with Gasteiger partial charge < -0.3 is 23.9 Å². The number of hydrogen-bond donors (Lipinski definition) is 1. The SMILES string of the molecule is c1ccc2c(C3CCN(c4cc5nc(N6CCOCC6)oc5cn4)CC3)c[nH]c2c1. The van der Waals surface area contributed by atoms with Crippen molar-refractivity contribution < 1.29 is 9.15 Å². The van der Waals surface area contributed by atoms with Crippen molar-refractivity contribution in [3.63, 3.8) is 0 Å². The molecule has 3 aromatic heterocycles. The van der Waals surface area contributed by atoms with Gasteiger partial charge in [0, 0.05) is 49.3 Å². The van der Waals surface area contributed by atoms with Crippen LogP contribution in [-0.4, -0.2) is 54.3 Å². The third-order valence-electron chi connectivity index (χ3n) is 6.41. The van der Waals surface area contributed by atoms with Gasteiger partial charge in [0.25, 0.3) is 6.01 Å². The molecular formula is C23H25N5O2. The van der Waals surface area contributed by atoms with Crippen molar-refractivity contribution in [1.29, 1.82) is 0 Å². The number of piperidine rings is 1. The van der Waals surface area contributed by atoms with Gasteiger partial charge in [-0.2, -0.15) is 4.98 Å². The first-order valence-corrected chi connectivity index (χ1v) is 10.8. The lowest BCUT2D eigenvalue weighted by Crippen LogP contribution is -2.36. The molecule has 7 heteroatoms. The summed E-state index contributed by atoms with van der Waals surface area (Å²) in [4.78, 5) is 17.3. The summed E-state index contributed by atoms with van der Waals surface area (Å²) in [5, 5.41) is 1.36. The molecule has 6 rings (SSSR count). The third-order valence-corrected chi connectivity index (χ3v) is 6.41. The number of para-hydroxylation sites is 1. The third kappa shape index (κ3) is 3.10. The molecule has 5 heterocycles. The van der Waals surface area contributed by atoms with Crippen molar-refractivity contribution in [2.75, 3.05) is 49.2 Å². The molecule has 4 aromatic rings. The van der Waals surface area contributed by atoms with Crippen LogP contribution in [0.4, 0.5) is 11.8 Å². The Kier molecular flexibility index (Phi) is 4.34. The lowest BCUT2D eigenvalue weighted by molar-refractivity contribution is 0.120. The van der Waals surface area contributed by atoms with Crippen LogP contribution in [0.1, 0.15) is 24.3 Å². The Balaban J connectivity index is 1.19. The molecule has 0 aliphatic carbocycles. The zero-order valence-corrected chi connectivity index (χ0v) is 16.9. The molecule has 2 saturated heterocycles. The highest BCUT2D eigenvalue weighted by molar-refractivity contribution is 5.83. The van der Waals surface area contributed by atoms with Gasteiger partial charge in [0.15, 0.2) is 5.58 Å². The van der Waals surface area contributed by atoms with Gasteiger partial charge in [0.1, 0.15) is 11.3 Å². The normalized spacial score (nSPS) is 18.5. The summed E-state index contributed by atoms with van der Waals surface area (Å²) >= 11 is 0. The van der Waals surface area contributed by atoms with E-state index in [0.717, 1.165) is 55.9 Å². The van der Waals surface area contributed by atoms with Crippen molar-refractivity contribution in [2.45, 2.75) is 18.8 Å². The van der Waals surface area contributed by atoms with Gasteiger partial charge in [-0.1, -0.05) is 18.2 Å². The number of morpholine rings is 1. The number of pyridine rings is 1. The Morgan fingerprint density at radius 3 is 2.70 bits per heavy atom. The van der Waals surface area contributed by atoms with Gasteiger partial charge in [-0.25, -0.2) is 4.98 Å². The van der Waals surface area contributed by atoms with Crippen molar-refractivity contribution in [3.8, 4) is 0 Å². The minimum Gasteiger partial charge on any atom is -0.422 e. The summed E-state index contributed by atoms with van der Waals surface area (Å²) in [6, 6.07) is 11.3. The number of nitrogens with one attached hydrogen (secondary N) is 1. The van der Waals surface area contributed by atoms with Crippen molar-refractivity contribution in [2.24, 2.45) is 0 Å². The summed E-state index contributed by atoms with van der Waals surface area (Å²) in [5.41, 5.74) is 4.29. The maximum absolute atomic E-state index is 5.93. The van der Waals surface area contributed by atoms with Crippen LogP contribution in [0.15, 0.2) is 47.1 Å². The molecule has 154 valence electrons. The summed E-state index contributed by atoms with van der Waals surface area (Å²) in [5.74, 6) is 1.57. The topological polar surface area (TPSA) is 70.4 Å². The fourth-order valence-electron chi connectivity index (χ4n) is 4.73. The van der Waals surface area contributed by atoms with Crippen LogP contribution >= 0.6 is 0 Å². The van der Waals surface area contributed by atoms with E-state index in [0.29, 0.717) is 25.1 Å². The molecule has 0 radical (unpaired) electrons. The maximum Gasteiger partial charge on any atom is 0.298 e. The summed E-state index contributed by atoms with van der Waals surface area (Å²) in [6.45, 7) is 5.05. The minimum atomic E-state index is 0.584. The number of benzene rings is 1. The second-order valence-electron chi connectivity index (χ2n) is 8.16. The zero-order valence-electron chi connectivity index (χ0n) is 16.9. The average Bonchev–Trinajstić information content (AvgIpc) is 3.44. The van der Waals surface area contributed by atoms with Crippen molar-refractivity contribution in [1.82, 2.24) is 15.0 Å². The maximum atomic E-state index is 5.93. The lowest BCUT2D eigenvalue weighted by Gasteiger charge is -2.32. The van der Waals surface area contributed by atoms with Crippen LogP contribution in [0.25, 0.3) is 22.0 Å². The molecular weight excluding hydrogens is 378 g/mol. The molecule has 7 nitrogen and oxygen atoms in total. The van der Waals surface area contributed by atoms with Crippen molar-refractivity contribution in [3.05, 3.63) is 48.3 Å². The Morgan fingerprint density at radius 1 is 1.00 bits per heavy atom. The highest BCUT2D eigenvalue weighted by Crippen LogP contribution is 2.34. The van der Waals surface area contributed by atoms with Crippen LogP contribution in [0, 0.1) is 0 Å². The molecule has 0 saturated carbocycles. The standard InChI is InChI=1S/C23H25N5O2/c1-2-4-19-17(3-1)18(14-24-19)16-5-7-27(8-6-16)22-13-20-21(15-25-22)30-23(26-20)28-9-11-29-12-10-28/h1-4,13-16,24H,5-12H2. The van der Waals surface area contributed by atoms with Crippen LogP contribution in [0.2, 0.25) is 0 Å². The van der Waals surface area contributed by atoms with Gasteiger partial charge in [-0.15, -0.1) is 0 Å². The quantitative estimate of drug-likeness (QED) is 0.559. The zero-order chi connectivity index (χ0) is 19.9. The van der Waals surface area contributed by atoms with E-state index in [-0.39, 0.29) is 0 Å². The van der Waals surface area contributed by atoms with Gasteiger partial charge in [0.2, 0.25) is 0 Å². The van der Waals surface area contributed by atoms with Gasteiger partial charge in [-0.05, 0) is 30.4 Å². The molecule has 2 fully saturated rings. The van der Waals surface area contributed by atoms with Crippen molar-refractivity contribution >= 4 is 33.8 Å². The fraction of sp³-hybridized carbons (Fsp3) is 0.391. The number of anilines is 2. The highest BCUT2D eigenvalue weighted by Gasteiger charge is 2.24. The average molecular weight is 403 g/mol. The molecule has 0 bridgehead atoms. The number of ether oxygens (including phenoxy) is 1. The summed E-state index contributed by atoms with van der Waals surface area (Å²) < 4.78 is 11.4. The fourth-order valence-corrected chi connectivity index (χ4v) is 4.73. The minimum absolute atomic E-state index is 0.584. The number of aromatic amines is 1. The molecule has 2 aliphatic rings. The van der Waals surface area contributed by atoms with Crippen LogP contribution in [-0.2, 0) is 4.74 Å². The Bertz CT molecular complexity index is 1170. The predicted octanol–water partition coefficient (Wildman–Crippen LogP) is 3.92. The first-order valence-electron chi connectivity index (χ1n) is 10.8.